The molecule has 1 amide bonds. The SMILES string of the molecule is Cc1nc(Br)ccc1NC(=O)c1cc([N+](=O)[O-])cnc1Cl. The van der Waals surface area contributed by atoms with Gasteiger partial charge in [-0.25, -0.2) is 9.97 Å². The largest absolute Gasteiger partial charge is 0.320 e. The molecule has 21 heavy (non-hydrogen) atoms. The summed E-state index contributed by atoms with van der Waals surface area (Å²) in [5.74, 6) is -0.594. The molecule has 2 rings (SSSR count). The first-order chi connectivity index (χ1) is 9.88. The second-order valence-corrected chi connectivity index (χ2v) is 5.18. The fourth-order valence-corrected chi connectivity index (χ4v) is 2.14. The third kappa shape index (κ3) is 3.53. The first-order valence-corrected chi connectivity index (χ1v) is 6.80. The highest BCUT2D eigenvalue weighted by molar-refractivity contribution is 9.10. The first kappa shape index (κ1) is 15.3. The number of nitrogens with zero attached hydrogens (tertiary/aromatic N) is 3. The molecule has 0 aromatic carbocycles. The van der Waals surface area contributed by atoms with Crippen molar-refractivity contribution < 1.29 is 9.72 Å². The van der Waals surface area contributed by atoms with Gasteiger partial charge in [0.25, 0.3) is 11.6 Å². The average molecular weight is 372 g/mol. The number of nitro groups is 1. The lowest BCUT2D eigenvalue weighted by Gasteiger charge is -2.08. The molecule has 9 heteroatoms. The summed E-state index contributed by atoms with van der Waals surface area (Å²) in [6, 6.07) is 4.39. The predicted octanol–water partition coefficient (Wildman–Crippen LogP) is 3.36. The molecule has 0 unspecified atom stereocenters. The summed E-state index contributed by atoms with van der Waals surface area (Å²) < 4.78 is 0.632. The molecular formula is C12H8BrClN4O3. The maximum atomic E-state index is 12.1. The van der Waals surface area contributed by atoms with E-state index < -0.39 is 10.8 Å². The number of aryl methyl sites for hydroxylation is 1. The molecule has 2 aromatic rings. The second-order valence-electron chi connectivity index (χ2n) is 4.01. The van der Waals surface area contributed by atoms with Gasteiger partial charge in [-0.1, -0.05) is 11.6 Å². The number of carbonyl (C=O) groups is 1. The molecule has 0 saturated carbocycles. The minimum absolute atomic E-state index is 0.0758. The quantitative estimate of drug-likeness (QED) is 0.507. The second kappa shape index (κ2) is 6.15. The van der Waals surface area contributed by atoms with Crippen LogP contribution in [0.4, 0.5) is 11.4 Å². The zero-order valence-electron chi connectivity index (χ0n) is 10.6. The average Bonchev–Trinajstić information content (AvgIpc) is 2.42. The Labute approximate surface area is 132 Å². The Balaban J connectivity index is 2.32. The number of rotatable bonds is 3. The molecule has 2 heterocycles. The summed E-state index contributed by atoms with van der Waals surface area (Å²) >= 11 is 9.02. The Kier molecular flexibility index (Phi) is 4.49. The highest BCUT2D eigenvalue weighted by Gasteiger charge is 2.18. The minimum atomic E-state index is -0.646. The third-order valence-electron chi connectivity index (χ3n) is 2.58. The maximum absolute atomic E-state index is 12.1. The first-order valence-electron chi connectivity index (χ1n) is 5.63. The van der Waals surface area contributed by atoms with Gasteiger partial charge in [-0.05, 0) is 35.0 Å². The normalized spacial score (nSPS) is 10.2. The van der Waals surface area contributed by atoms with E-state index in [9.17, 15) is 14.9 Å². The Morgan fingerprint density at radius 1 is 1.48 bits per heavy atom. The van der Waals surface area contributed by atoms with Crippen LogP contribution in [0, 0.1) is 17.0 Å². The summed E-state index contributed by atoms with van der Waals surface area (Å²) in [6.45, 7) is 1.72. The van der Waals surface area contributed by atoms with Crippen molar-refractivity contribution >= 4 is 44.8 Å². The molecular weight excluding hydrogens is 364 g/mol. The molecule has 2 aromatic heterocycles. The van der Waals surface area contributed by atoms with Crippen molar-refractivity contribution in [1.82, 2.24) is 9.97 Å². The number of aromatic nitrogens is 2. The van der Waals surface area contributed by atoms with Crippen molar-refractivity contribution in [2.45, 2.75) is 6.92 Å². The monoisotopic (exact) mass is 370 g/mol. The molecule has 0 atom stereocenters. The molecule has 0 bridgehead atoms. The van der Waals surface area contributed by atoms with Gasteiger partial charge in [0.05, 0.1) is 21.9 Å². The standard InChI is InChI=1S/C12H8BrClN4O3/c1-6-9(2-3-10(13)16-6)17-12(19)8-4-7(18(20)21)5-15-11(8)14/h2-5H,1H3,(H,17,19). The van der Waals surface area contributed by atoms with E-state index in [0.717, 1.165) is 12.3 Å². The summed E-state index contributed by atoms with van der Waals surface area (Å²) in [4.78, 5) is 30.0. The number of halogens is 2. The van der Waals surface area contributed by atoms with E-state index in [0.29, 0.717) is 16.0 Å². The number of hydrogen-bond acceptors (Lipinski definition) is 5. The fourth-order valence-electron chi connectivity index (χ4n) is 1.55. The van der Waals surface area contributed by atoms with Crippen LogP contribution in [0.2, 0.25) is 5.15 Å². The van der Waals surface area contributed by atoms with Crippen molar-refractivity contribution in [3.63, 3.8) is 0 Å². The number of carbonyl (C=O) groups excluding carboxylic acids is 1. The molecule has 0 aliphatic heterocycles. The van der Waals surface area contributed by atoms with E-state index in [-0.39, 0.29) is 16.4 Å². The number of anilines is 1. The van der Waals surface area contributed by atoms with E-state index in [2.05, 4.69) is 31.2 Å². The molecule has 0 fully saturated rings. The zero-order chi connectivity index (χ0) is 15.6. The molecule has 0 radical (unpaired) electrons. The molecule has 108 valence electrons. The minimum Gasteiger partial charge on any atom is -0.320 e. The summed E-state index contributed by atoms with van der Waals surface area (Å²) in [6.07, 6.45) is 0.992. The van der Waals surface area contributed by atoms with Gasteiger partial charge in [-0.15, -0.1) is 0 Å². The Bertz CT molecular complexity index is 738. The van der Waals surface area contributed by atoms with Crippen LogP contribution in [0.15, 0.2) is 29.0 Å². The number of hydrogen-bond donors (Lipinski definition) is 1. The Hall–Kier alpha value is -2.06. The van der Waals surface area contributed by atoms with Crippen LogP contribution in [-0.4, -0.2) is 20.8 Å². The van der Waals surface area contributed by atoms with Gasteiger partial charge in [0.1, 0.15) is 16.0 Å². The van der Waals surface area contributed by atoms with E-state index in [1.54, 1.807) is 19.1 Å². The van der Waals surface area contributed by atoms with Crippen molar-refractivity contribution in [1.29, 1.82) is 0 Å². The van der Waals surface area contributed by atoms with E-state index in [4.69, 9.17) is 11.6 Å². The van der Waals surface area contributed by atoms with Gasteiger partial charge in [0, 0.05) is 6.07 Å². The molecule has 0 saturated heterocycles. The molecule has 7 nitrogen and oxygen atoms in total. The topological polar surface area (TPSA) is 98.0 Å². The highest BCUT2D eigenvalue weighted by Crippen LogP contribution is 2.22. The van der Waals surface area contributed by atoms with Gasteiger partial charge in [0.2, 0.25) is 0 Å². The Morgan fingerprint density at radius 3 is 2.81 bits per heavy atom. The van der Waals surface area contributed by atoms with E-state index in [1.807, 2.05) is 0 Å². The van der Waals surface area contributed by atoms with Crippen molar-refractivity contribution in [3.05, 3.63) is 55.5 Å². The number of pyridine rings is 2. The molecule has 0 spiro atoms. The summed E-state index contributed by atoms with van der Waals surface area (Å²) in [5.41, 5.74) is 0.682. The van der Waals surface area contributed by atoms with Crippen molar-refractivity contribution in [2.75, 3.05) is 5.32 Å². The number of amides is 1. The molecule has 0 aliphatic rings. The predicted molar refractivity (Wildman–Crippen MR) is 80.5 cm³/mol. The summed E-state index contributed by atoms with van der Waals surface area (Å²) in [7, 11) is 0. The zero-order valence-corrected chi connectivity index (χ0v) is 13.0. The van der Waals surface area contributed by atoms with Gasteiger partial charge in [0.15, 0.2) is 0 Å². The van der Waals surface area contributed by atoms with Crippen LogP contribution in [0.1, 0.15) is 16.1 Å². The highest BCUT2D eigenvalue weighted by atomic mass is 79.9. The van der Waals surface area contributed by atoms with Gasteiger partial charge in [-0.3, -0.25) is 14.9 Å². The smallest absolute Gasteiger partial charge is 0.288 e. The van der Waals surface area contributed by atoms with Gasteiger partial charge < -0.3 is 5.32 Å². The molecule has 1 N–H and O–H groups in total. The van der Waals surface area contributed by atoms with Gasteiger partial charge >= 0.3 is 0 Å². The van der Waals surface area contributed by atoms with Gasteiger partial charge in [-0.2, -0.15) is 0 Å². The van der Waals surface area contributed by atoms with Crippen LogP contribution in [0.5, 0.6) is 0 Å². The fraction of sp³-hybridized carbons (Fsp3) is 0.0833. The van der Waals surface area contributed by atoms with E-state index >= 15 is 0 Å². The van der Waals surface area contributed by atoms with Crippen LogP contribution in [0.25, 0.3) is 0 Å². The van der Waals surface area contributed by atoms with Crippen molar-refractivity contribution in [2.24, 2.45) is 0 Å². The number of nitrogens with one attached hydrogen (secondary N) is 1. The lowest BCUT2D eigenvalue weighted by Crippen LogP contribution is -2.14. The summed E-state index contributed by atoms with van der Waals surface area (Å²) in [5, 5.41) is 13.2. The lowest BCUT2D eigenvalue weighted by atomic mass is 10.2. The van der Waals surface area contributed by atoms with Crippen LogP contribution in [-0.2, 0) is 0 Å². The third-order valence-corrected chi connectivity index (χ3v) is 3.32. The van der Waals surface area contributed by atoms with Crippen LogP contribution >= 0.6 is 27.5 Å². The Morgan fingerprint density at radius 2 is 2.19 bits per heavy atom. The van der Waals surface area contributed by atoms with Crippen LogP contribution in [0.3, 0.4) is 0 Å². The van der Waals surface area contributed by atoms with E-state index in [1.165, 1.54) is 0 Å². The maximum Gasteiger partial charge on any atom is 0.288 e. The van der Waals surface area contributed by atoms with Crippen LogP contribution < -0.4 is 5.32 Å². The molecule has 0 aliphatic carbocycles. The van der Waals surface area contributed by atoms with Crippen molar-refractivity contribution in [3.8, 4) is 0 Å². The lowest BCUT2D eigenvalue weighted by molar-refractivity contribution is -0.385.